The van der Waals surface area contributed by atoms with Crippen LogP contribution in [0.3, 0.4) is 0 Å². The molecule has 1 saturated heterocycles. The van der Waals surface area contributed by atoms with Crippen LogP contribution in [0.2, 0.25) is 0 Å². The Bertz CT molecular complexity index is 496. The van der Waals surface area contributed by atoms with Gasteiger partial charge in [0.05, 0.1) is 4.47 Å². The SMILES string of the molecule is CC(C)c1c(C2CCNCC2)cc2c(c1Br)OCCO2. The fourth-order valence-corrected chi connectivity index (χ4v) is 4.23. The summed E-state index contributed by atoms with van der Waals surface area (Å²) in [6.07, 6.45) is 2.40. The highest BCUT2D eigenvalue weighted by molar-refractivity contribution is 9.10. The summed E-state index contributed by atoms with van der Waals surface area (Å²) < 4.78 is 12.7. The first-order valence-corrected chi connectivity index (χ1v) is 8.30. The molecule has 3 rings (SSSR count). The molecule has 0 atom stereocenters. The maximum absolute atomic E-state index is 5.80. The van der Waals surface area contributed by atoms with E-state index in [1.165, 1.54) is 24.0 Å². The average Bonchev–Trinajstić information content (AvgIpc) is 2.47. The molecule has 2 aliphatic rings. The summed E-state index contributed by atoms with van der Waals surface area (Å²) in [5.74, 6) is 2.89. The van der Waals surface area contributed by atoms with Crippen LogP contribution in [0.4, 0.5) is 0 Å². The van der Waals surface area contributed by atoms with Gasteiger partial charge >= 0.3 is 0 Å². The molecule has 1 aromatic rings. The molecule has 3 nitrogen and oxygen atoms in total. The summed E-state index contributed by atoms with van der Waals surface area (Å²) in [5, 5.41) is 3.44. The van der Waals surface area contributed by atoms with Crippen LogP contribution in [0.25, 0.3) is 0 Å². The number of nitrogens with one attached hydrogen (secondary N) is 1. The number of hydrogen-bond acceptors (Lipinski definition) is 3. The van der Waals surface area contributed by atoms with Crippen molar-refractivity contribution in [3.8, 4) is 11.5 Å². The Hall–Kier alpha value is -0.740. The third-order valence-electron chi connectivity index (χ3n) is 4.20. The Morgan fingerprint density at radius 2 is 1.90 bits per heavy atom. The highest BCUT2D eigenvalue weighted by Crippen LogP contribution is 2.47. The van der Waals surface area contributed by atoms with E-state index in [1.54, 1.807) is 0 Å². The van der Waals surface area contributed by atoms with E-state index in [2.05, 4.69) is 41.2 Å². The number of ether oxygens (including phenoxy) is 2. The summed E-state index contributed by atoms with van der Waals surface area (Å²) >= 11 is 3.76. The van der Waals surface area contributed by atoms with Gasteiger partial charge in [-0.25, -0.2) is 0 Å². The van der Waals surface area contributed by atoms with Gasteiger partial charge in [0.15, 0.2) is 11.5 Å². The Morgan fingerprint density at radius 3 is 2.60 bits per heavy atom. The highest BCUT2D eigenvalue weighted by Gasteiger charge is 2.27. The largest absolute Gasteiger partial charge is 0.486 e. The van der Waals surface area contributed by atoms with Gasteiger partial charge in [0, 0.05) is 0 Å². The van der Waals surface area contributed by atoms with E-state index >= 15 is 0 Å². The van der Waals surface area contributed by atoms with Gasteiger partial charge in [-0.3, -0.25) is 0 Å². The van der Waals surface area contributed by atoms with Gasteiger partial charge in [0.1, 0.15) is 13.2 Å². The molecule has 2 aliphatic heterocycles. The second-order valence-corrected chi connectivity index (χ2v) is 6.69. The molecule has 0 aliphatic carbocycles. The minimum absolute atomic E-state index is 0.477. The van der Waals surface area contributed by atoms with Gasteiger partial charge in [0.2, 0.25) is 0 Å². The summed E-state index contributed by atoms with van der Waals surface area (Å²) in [5.41, 5.74) is 2.83. The first kappa shape index (κ1) is 14.2. The molecule has 1 fully saturated rings. The van der Waals surface area contributed by atoms with Gasteiger partial charge in [-0.1, -0.05) is 13.8 Å². The number of piperidine rings is 1. The molecule has 1 aromatic carbocycles. The first-order chi connectivity index (χ1) is 9.68. The topological polar surface area (TPSA) is 30.5 Å². The van der Waals surface area contributed by atoms with Crippen LogP contribution in [0.1, 0.15) is 49.7 Å². The van der Waals surface area contributed by atoms with Crippen molar-refractivity contribution in [1.82, 2.24) is 5.32 Å². The Labute approximate surface area is 129 Å². The maximum Gasteiger partial charge on any atom is 0.175 e. The number of halogens is 1. The van der Waals surface area contributed by atoms with Crippen LogP contribution in [0.5, 0.6) is 11.5 Å². The van der Waals surface area contributed by atoms with Crippen LogP contribution in [-0.2, 0) is 0 Å². The molecule has 2 heterocycles. The Kier molecular flexibility index (Phi) is 4.22. The molecule has 0 aromatic heterocycles. The molecule has 20 heavy (non-hydrogen) atoms. The fraction of sp³-hybridized carbons (Fsp3) is 0.625. The second kappa shape index (κ2) is 5.94. The Balaban J connectivity index is 2.08. The zero-order valence-corrected chi connectivity index (χ0v) is 13.8. The van der Waals surface area contributed by atoms with E-state index in [1.807, 2.05) is 0 Å². The van der Waals surface area contributed by atoms with Crippen LogP contribution in [-0.4, -0.2) is 26.3 Å². The van der Waals surface area contributed by atoms with E-state index in [0.717, 1.165) is 29.1 Å². The zero-order valence-electron chi connectivity index (χ0n) is 12.2. The first-order valence-electron chi connectivity index (χ1n) is 7.51. The smallest absolute Gasteiger partial charge is 0.175 e. The average molecular weight is 340 g/mol. The summed E-state index contributed by atoms with van der Waals surface area (Å²) in [4.78, 5) is 0. The minimum atomic E-state index is 0.477. The predicted molar refractivity (Wildman–Crippen MR) is 84.1 cm³/mol. The van der Waals surface area contributed by atoms with Crippen molar-refractivity contribution in [3.63, 3.8) is 0 Å². The minimum Gasteiger partial charge on any atom is -0.486 e. The maximum atomic E-state index is 5.80. The van der Waals surface area contributed by atoms with Crippen molar-refractivity contribution in [3.05, 3.63) is 21.7 Å². The van der Waals surface area contributed by atoms with E-state index in [9.17, 15) is 0 Å². The predicted octanol–water partition coefficient (Wildman–Crippen LogP) is 3.81. The second-order valence-electron chi connectivity index (χ2n) is 5.90. The highest BCUT2D eigenvalue weighted by atomic mass is 79.9. The van der Waals surface area contributed by atoms with Gasteiger partial charge in [-0.2, -0.15) is 0 Å². The van der Waals surface area contributed by atoms with Crippen LogP contribution in [0, 0.1) is 0 Å². The lowest BCUT2D eigenvalue weighted by Gasteiger charge is -2.30. The van der Waals surface area contributed by atoms with Crippen molar-refractivity contribution < 1.29 is 9.47 Å². The standard InChI is InChI=1S/C16H22BrNO2/c1-10(2)14-12(11-3-5-18-6-4-11)9-13-16(15(14)17)20-8-7-19-13/h9-11,18H,3-8H2,1-2H3. The van der Waals surface area contributed by atoms with Crippen molar-refractivity contribution >= 4 is 15.9 Å². The molecule has 0 amide bonds. The molecule has 110 valence electrons. The normalized spacial score (nSPS) is 19.4. The third kappa shape index (κ3) is 2.56. The van der Waals surface area contributed by atoms with Gasteiger partial charge in [0.25, 0.3) is 0 Å². The van der Waals surface area contributed by atoms with Gasteiger partial charge in [-0.15, -0.1) is 0 Å². The molecule has 4 heteroatoms. The van der Waals surface area contributed by atoms with E-state index in [0.29, 0.717) is 25.0 Å². The lowest BCUT2D eigenvalue weighted by atomic mass is 9.83. The summed E-state index contributed by atoms with van der Waals surface area (Å²) in [7, 11) is 0. The lowest BCUT2D eigenvalue weighted by Crippen LogP contribution is -2.27. The van der Waals surface area contributed by atoms with E-state index < -0.39 is 0 Å². The van der Waals surface area contributed by atoms with Crippen molar-refractivity contribution in [2.24, 2.45) is 0 Å². The van der Waals surface area contributed by atoms with Gasteiger partial charge in [-0.05, 0) is 70.9 Å². The number of benzene rings is 1. The van der Waals surface area contributed by atoms with E-state index in [4.69, 9.17) is 9.47 Å². The third-order valence-corrected chi connectivity index (χ3v) is 4.99. The lowest BCUT2D eigenvalue weighted by molar-refractivity contribution is 0.169. The molecule has 1 N–H and O–H groups in total. The number of rotatable bonds is 2. The number of hydrogen-bond donors (Lipinski definition) is 1. The van der Waals surface area contributed by atoms with Crippen LogP contribution in [0.15, 0.2) is 10.5 Å². The zero-order chi connectivity index (χ0) is 14.1. The molecule has 0 radical (unpaired) electrons. The molecule has 0 bridgehead atoms. The van der Waals surface area contributed by atoms with Crippen molar-refractivity contribution in [2.75, 3.05) is 26.3 Å². The van der Waals surface area contributed by atoms with E-state index in [-0.39, 0.29) is 0 Å². The Morgan fingerprint density at radius 1 is 1.20 bits per heavy atom. The number of fused-ring (bicyclic) bond motifs is 1. The van der Waals surface area contributed by atoms with Crippen LogP contribution < -0.4 is 14.8 Å². The quantitative estimate of drug-likeness (QED) is 0.888. The van der Waals surface area contributed by atoms with Crippen molar-refractivity contribution in [2.45, 2.75) is 38.5 Å². The summed E-state index contributed by atoms with van der Waals surface area (Å²) in [6, 6.07) is 2.23. The fourth-order valence-electron chi connectivity index (χ4n) is 3.24. The molecular weight excluding hydrogens is 318 g/mol. The molecule has 0 unspecified atom stereocenters. The molecular formula is C16H22BrNO2. The van der Waals surface area contributed by atoms with Crippen LogP contribution >= 0.6 is 15.9 Å². The van der Waals surface area contributed by atoms with Crippen molar-refractivity contribution in [1.29, 1.82) is 0 Å². The van der Waals surface area contributed by atoms with Gasteiger partial charge < -0.3 is 14.8 Å². The molecule has 0 spiro atoms. The summed E-state index contributed by atoms with van der Waals surface area (Å²) in [6.45, 7) is 7.99. The molecule has 0 saturated carbocycles. The monoisotopic (exact) mass is 339 g/mol.